The van der Waals surface area contributed by atoms with E-state index in [0.29, 0.717) is 20.6 Å². The van der Waals surface area contributed by atoms with E-state index in [-0.39, 0.29) is 6.54 Å². The zero-order chi connectivity index (χ0) is 21.0. The van der Waals surface area contributed by atoms with Crippen LogP contribution in [0, 0.1) is 0 Å². The minimum atomic E-state index is -1.04. The zero-order valence-corrected chi connectivity index (χ0v) is 17.5. The highest BCUT2D eigenvalue weighted by atomic mass is 35.5. The Kier molecular flexibility index (Phi) is 6.74. The second kappa shape index (κ2) is 9.26. The minimum Gasteiger partial charge on any atom is -0.451 e. The number of carbonyl (C=O) groups is 3. The third kappa shape index (κ3) is 5.26. The van der Waals surface area contributed by atoms with Gasteiger partial charge in [-0.2, -0.15) is 0 Å². The van der Waals surface area contributed by atoms with Gasteiger partial charge in [-0.05, 0) is 37.3 Å². The number of amides is 2. The number of anilines is 1. The van der Waals surface area contributed by atoms with E-state index in [4.69, 9.17) is 27.9 Å². The van der Waals surface area contributed by atoms with E-state index in [1.54, 1.807) is 24.3 Å². The molecule has 6 nitrogen and oxygen atoms in total. The lowest BCUT2D eigenvalue weighted by Gasteiger charge is -2.14. The minimum absolute atomic E-state index is 0.314. The fraction of sp³-hybridized carbons (Fsp3) is 0.150. The van der Waals surface area contributed by atoms with E-state index >= 15 is 0 Å². The van der Waals surface area contributed by atoms with Crippen molar-refractivity contribution < 1.29 is 19.1 Å². The molecule has 2 aromatic carbocycles. The molecule has 0 radical (unpaired) electrons. The number of esters is 1. The molecule has 1 heterocycles. The highest BCUT2D eigenvalue weighted by molar-refractivity contribution is 7.21. The Morgan fingerprint density at radius 1 is 1.07 bits per heavy atom. The van der Waals surface area contributed by atoms with Crippen LogP contribution in [0.4, 0.5) is 5.69 Å². The molecule has 29 heavy (non-hydrogen) atoms. The van der Waals surface area contributed by atoms with Gasteiger partial charge in [0.15, 0.2) is 6.10 Å². The van der Waals surface area contributed by atoms with Gasteiger partial charge in [-0.15, -0.1) is 11.3 Å². The van der Waals surface area contributed by atoms with Gasteiger partial charge >= 0.3 is 5.97 Å². The normalized spacial score (nSPS) is 11.7. The molecule has 0 aliphatic heterocycles. The van der Waals surface area contributed by atoms with E-state index in [1.165, 1.54) is 18.3 Å². The Balaban J connectivity index is 1.52. The predicted molar refractivity (Wildman–Crippen MR) is 115 cm³/mol. The van der Waals surface area contributed by atoms with Crippen molar-refractivity contribution in [1.29, 1.82) is 0 Å². The van der Waals surface area contributed by atoms with E-state index in [2.05, 4.69) is 10.6 Å². The molecule has 0 aliphatic carbocycles. The average Bonchev–Trinajstić information content (AvgIpc) is 3.05. The number of ether oxygens (including phenoxy) is 1. The Hall–Kier alpha value is -2.61. The van der Waals surface area contributed by atoms with Crippen LogP contribution in [0.25, 0.3) is 10.1 Å². The van der Waals surface area contributed by atoms with Crippen LogP contribution in [0.3, 0.4) is 0 Å². The number of nitrogens with one attached hydrogen (secondary N) is 2. The number of halogens is 2. The first-order valence-corrected chi connectivity index (χ1v) is 10.1. The molecule has 0 spiro atoms. The predicted octanol–water partition coefficient (Wildman–Crippen LogP) is 4.51. The van der Waals surface area contributed by atoms with E-state index in [0.717, 1.165) is 10.1 Å². The van der Waals surface area contributed by atoms with Crippen LogP contribution in [0.1, 0.15) is 16.6 Å². The first-order chi connectivity index (χ1) is 13.8. The van der Waals surface area contributed by atoms with Crippen LogP contribution in [0.15, 0.2) is 48.5 Å². The second-order valence-electron chi connectivity index (χ2n) is 6.05. The van der Waals surface area contributed by atoms with Gasteiger partial charge in [-0.25, -0.2) is 0 Å². The average molecular weight is 451 g/mol. The Morgan fingerprint density at radius 2 is 1.76 bits per heavy atom. The van der Waals surface area contributed by atoms with Crippen molar-refractivity contribution in [2.45, 2.75) is 13.0 Å². The number of hydrogen-bond donors (Lipinski definition) is 2. The van der Waals surface area contributed by atoms with Crippen molar-refractivity contribution in [2.75, 3.05) is 11.9 Å². The summed E-state index contributed by atoms with van der Waals surface area (Å²) in [5.41, 5.74) is 0.523. The van der Waals surface area contributed by atoms with Gasteiger partial charge < -0.3 is 15.4 Å². The van der Waals surface area contributed by atoms with Crippen molar-refractivity contribution in [3.8, 4) is 0 Å². The highest BCUT2D eigenvalue weighted by Crippen LogP contribution is 2.34. The molecule has 0 saturated heterocycles. The van der Waals surface area contributed by atoms with Crippen molar-refractivity contribution in [2.24, 2.45) is 0 Å². The number of benzene rings is 2. The van der Waals surface area contributed by atoms with Crippen LogP contribution in [-0.4, -0.2) is 30.4 Å². The van der Waals surface area contributed by atoms with E-state index < -0.39 is 23.9 Å². The number of fused-ring (bicyclic) bond motifs is 1. The summed E-state index contributed by atoms with van der Waals surface area (Å²) in [7, 11) is 0. The van der Waals surface area contributed by atoms with Gasteiger partial charge in [0.1, 0.15) is 11.4 Å². The Labute approximate surface area is 180 Å². The van der Waals surface area contributed by atoms with Gasteiger partial charge in [-0.3, -0.25) is 14.4 Å². The molecule has 9 heteroatoms. The Morgan fingerprint density at radius 3 is 2.45 bits per heavy atom. The van der Waals surface area contributed by atoms with Gasteiger partial charge in [-0.1, -0.05) is 41.4 Å². The SMILES string of the molecule is CC(OC(=O)CNC(=O)c1sc2ccccc2c1Cl)C(=O)Nc1ccc(Cl)cc1. The third-order valence-electron chi connectivity index (χ3n) is 3.92. The maximum absolute atomic E-state index is 12.3. The van der Waals surface area contributed by atoms with E-state index in [1.807, 2.05) is 24.3 Å². The molecule has 1 unspecified atom stereocenters. The lowest BCUT2D eigenvalue weighted by atomic mass is 10.2. The summed E-state index contributed by atoms with van der Waals surface area (Å²) in [5.74, 6) is -1.72. The van der Waals surface area contributed by atoms with Gasteiger partial charge in [0.05, 0.1) is 5.02 Å². The van der Waals surface area contributed by atoms with Crippen molar-refractivity contribution in [3.63, 3.8) is 0 Å². The number of rotatable bonds is 6. The fourth-order valence-corrected chi connectivity index (χ4v) is 4.02. The quantitative estimate of drug-likeness (QED) is 0.541. The standard InChI is InChI=1S/C20H16Cl2N2O4S/c1-11(19(26)24-13-8-6-12(21)7-9-13)28-16(25)10-23-20(27)18-17(22)14-4-2-3-5-15(14)29-18/h2-9,11H,10H2,1H3,(H,23,27)(H,24,26). The van der Waals surface area contributed by atoms with Gasteiger partial charge in [0.2, 0.25) is 0 Å². The molecule has 1 aromatic heterocycles. The molecule has 0 saturated carbocycles. The summed E-state index contributed by atoms with van der Waals surface area (Å²) in [6.07, 6.45) is -1.04. The topological polar surface area (TPSA) is 84.5 Å². The second-order valence-corrected chi connectivity index (χ2v) is 7.92. The summed E-state index contributed by atoms with van der Waals surface area (Å²) in [4.78, 5) is 36.8. The van der Waals surface area contributed by atoms with Crippen molar-refractivity contribution in [1.82, 2.24) is 5.32 Å². The number of thiophene rings is 1. The van der Waals surface area contributed by atoms with Crippen LogP contribution < -0.4 is 10.6 Å². The first kappa shape index (κ1) is 21.1. The largest absolute Gasteiger partial charge is 0.451 e. The molecule has 2 N–H and O–H groups in total. The summed E-state index contributed by atoms with van der Waals surface area (Å²) in [6, 6.07) is 13.9. The molecule has 3 rings (SSSR count). The molecule has 3 aromatic rings. The maximum atomic E-state index is 12.3. The Bertz CT molecular complexity index is 1070. The molecule has 0 fully saturated rings. The van der Waals surface area contributed by atoms with Crippen LogP contribution >= 0.6 is 34.5 Å². The number of hydrogen-bond acceptors (Lipinski definition) is 5. The molecule has 0 bridgehead atoms. The summed E-state index contributed by atoms with van der Waals surface area (Å²) in [6.45, 7) is 1.05. The van der Waals surface area contributed by atoms with E-state index in [9.17, 15) is 14.4 Å². The monoisotopic (exact) mass is 450 g/mol. The molecule has 1 atom stereocenters. The van der Waals surface area contributed by atoms with Crippen LogP contribution in [0.2, 0.25) is 10.0 Å². The molecule has 2 amide bonds. The van der Waals surface area contributed by atoms with Crippen molar-refractivity contribution >= 4 is 68.1 Å². The maximum Gasteiger partial charge on any atom is 0.326 e. The van der Waals surface area contributed by atoms with Crippen LogP contribution in [-0.2, 0) is 14.3 Å². The smallest absolute Gasteiger partial charge is 0.326 e. The summed E-state index contributed by atoms with van der Waals surface area (Å²) < 4.78 is 5.94. The van der Waals surface area contributed by atoms with Gasteiger partial charge in [0.25, 0.3) is 11.8 Å². The molecule has 150 valence electrons. The van der Waals surface area contributed by atoms with Gasteiger partial charge in [0, 0.05) is 20.8 Å². The lowest BCUT2D eigenvalue weighted by molar-refractivity contribution is -0.152. The zero-order valence-electron chi connectivity index (χ0n) is 15.2. The lowest BCUT2D eigenvalue weighted by Crippen LogP contribution is -2.35. The molecular formula is C20H16Cl2N2O4S. The third-order valence-corrected chi connectivity index (χ3v) is 5.85. The number of carbonyl (C=O) groups excluding carboxylic acids is 3. The summed E-state index contributed by atoms with van der Waals surface area (Å²) >= 11 is 13.3. The fourth-order valence-electron chi connectivity index (χ4n) is 2.46. The molecule has 0 aliphatic rings. The van der Waals surface area contributed by atoms with Crippen molar-refractivity contribution in [3.05, 3.63) is 63.5 Å². The highest BCUT2D eigenvalue weighted by Gasteiger charge is 2.20. The first-order valence-electron chi connectivity index (χ1n) is 8.56. The van der Waals surface area contributed by atoms with Crippen LogP contribution in [0.5, 0.6) is 0 Å². The summed E-state index contributed by atoms with van der Waals surface area (Å²) in [5, 5.41) is 6.73. The molecular weight excluding hydrogens is 435 g/mol.